The molecule has 0 N–H and O–H groups in total. The van der Waals surface area contributed by atoms with E-state index in [9.17, 15) is 0 Å². The first-order valence-corrected chi connectivity index (χ1v) is 7.85. The molecular formula is C13H15ClN6OS. The molecular weight excluding hydrogens is 324 g/mol. The van der Waals surface area contributed by atoms with Crippen LogP contribution >= 0.6 is 23.7 Å². The molecule has 0 radical (unpaired) electrons. The second-order valence-electron chi connectivity index (χ2n) is 6.16. The molecule has 3 aliphatic heterocycles. The van der Waals surface area contributed by atoms with Gasteiger partial charge in [-0.3, -0.25) is 9.89 Å². The lowest BCUT2D eigenvalue weighted by molar-refractivity contribution is -0.0383. The van der Waals surface area contributed by atoms with Crippen molar-refractivity contribution in [1.29, 1.82) is 0 Å². The fourth-order valence-corrected chi connectivity index (χ4v) is 4.43. The lowest BCUT2D eigenvalue weighted by Crippen LogP contribution is -2.37. The molecule has 22 heavy (non-hydrogen) atoms. The number of tetrazole rings is 1. The van der Waals surface area contributed by atoms with E-state index >= 15 is 0 Å². The van der Waals surface area contributed by atoms with E-state index in [-0.39, 0.29) is 18.0 Å². The Bertz CT molecular complexity index is 795. The van der Waals surface area contributed by atoms with Gasteiger partial charge < -0.3 is 4.74 Å². The highest BCUT2D eigenvalue weighted by Gasteiger charge is 2.40. The average molecular weight is 339 g/mol. The van der Waals surface area contributed by atoms with Crippen LogP contribution in [0.1, 0.15) is 29.9 Å². The molecule has 0 spiro atoms. The van der Waals surface area contributed by atoms with Gasteiger partial charge in [-0.25, -0.2) is 0 Å². The molecule has 0 bridgehead atoms. The predicted molar refractivity (Wildman–Crippen MR) is 85.6 cm³/mol. The zero-order valence-corrected chi connectivity index (χ0v) is 13.9. The molecule has 5 rings (SSSR count). The summed E-state index contributed by atoms with van der Waals surface area (Å²) in [7, 11) is 0. The van der Waals surface area contributed by atoms with E-state index in [0.717, 1.165) is 36.3 Å². The standard InChI is InChI=1S/C13H14N6OS.ClH/c1-13(2)5-7-8(6-20-13)21-11-9(7)10-14-3-4-18(10)12-15-16-17-19(11)12;/h3-6H2,1-2H3;1H. The van der Waals surface area contributed by atoms with Gasteiger partial charge in [0, 0.05) is 17.8 Å². The normalized spacial score (nSPS) is 20.5. The van der Waals surface area contributed by atoms with Crippen molar-refractivity contribution in [2.45, 2.75) is 32.5 Å². The molecule has 0 atom stereocenters. The third-order valence-electron chi connectivity index (χ3n) is 4.22. The number of aliphatic imine (C=N–C) groups is 1. The summed E-state index contributed by atoms with van der Waals surface area (Å²) < 4.78 is 7.79. The number of hydrogen-bond donors (Lipinski definition) is 0. The van der Waals surface area contributed by atoms with E-state index in [1.807, 2.05) is 4.68 Å². The summed E-state index contributed by atoms with van der Waals surface area (Å²) >= 11 is 1.72. The summed E-state index contributed by atoms with van der Waals surface area (Å²) in [6.07, 6.45) is 0.901. The minimum atomic E-state index is -0.132. The quantitative estimate of drug-likeness (QED) is 0.729. The van der Waals surface area contributed by atoms with Gasteiger partial charge in [0.15, 0.2) is 0 Å². The number of aromatic nitrogens is 4. The van der Waals surface area contributed by atoms with Gasteiger partial charge in [-0.2, -0.15) is 4.68 Å². The number of rotatable bonds is 0. The molecule has 0 saturated heterocycles. The number of ether oxygens (including phenoxy) is 1. The van der Waals surface area contributed by atoms with E-state index < -0.39 is 0 Å². The Morgan fingerprint density at radius 2 is 2.18 bits per heavy atom. The van der Waals surface area contributed by atoms with Crippen LogP contribution in [0.2, 0.25) is 0 Å². The average Bonchev–Trinajstić information content (AvgIpc) is 3.13. The number of fused-ring (bicyclic) bond motifs is 8. The largest absolute Gasteiger partial charge is 0.370 e. The number of nitrogens with zero attached hydrogens (tertiary/aromatic N) is 6. The maximum atomic E-state index is 5.95. The highest BCUT2D eigenvalue weighted by Crippen LogP contribution is 2.43. The van der Waals surface area contributed by atoms with E-state index in [1.165, 1.54) is 16.0 Å². The molecule has 0 aliphatic carbocycles. The lowest BCUT2D eigenvalue weighted by atomic mass is 9.92. The number of anilines is 1. The van der Waals surface area contributed by atoms with Crippen LogP contribution in [-0.2, 0) is 17.8 Å². The third-order valence-corrected chi connectivity index (χ3v) is 5.40. The van der Waals surface area contributed by atoms with E-state index in [4.69, 9.17) is 9.73 Å². The van der Waals surface area contributed by atoms with Gasteiger partial charge in [0.1, 0.15) is 10.8 Å². The first-order chi connectivity index (χ1) is 10.1. The summed E-state index contributed by atoms with van der Waals surface area (Å²) in [6, 6.07) is 0. The molecule has 3 aliphatic rings. The maximum Gasteiger partial charge on any atom is 0.256 e. The highest BCUT2D eigenvalue weighted by molar-refractivity contribution is 7.15. The SMILES string of the molecule is CC1(C)Cc2c(sc3c2C2=NCCN2c2nnnn2-3)CO1.Cl. The van der Waals surface area contributed by atoms with Crippen molar-refractivity contribution in [2.24, 2.45) is 4.99 Å². The second-order valence-corrected chi connectivity index (χ2v) is 7.24. The smallest absolute Gasteiger partial charge is 0.256 e. The van der Waals surface area contributed by atoms with Gasteiger partial charge in [-0.15, -0.1) is 23.7 Å². The first kappa shape index (κ1) is 14.1. The van der Waals surface area contributed by atoms with Gasteiger partial charge in [-0.05, 0) is 29.8 Å². The van der Waals surface area contributed by atoms with Crippen molar-refractivity contribution < 1.29 is 4.74 Å². The minimum absolute atomic E-state index is 0. The molecule has 0 saturated carbocycles. The maximum absolute atomic E-state index is 5.95. The van der Waals surface area contributed by atoms with Gasteiger partial charge in [0.2, 0.25) is 0 Å². The van der Waals surface area contributed by atoms with Crippen molar-refractivity contribution >= 4 is 35.5 Å². The molecule has 116 valence electrons. The number of halogens is 1. The topological polar surface area (TPSA) is 68.4 Å². The Balaban J connectivity index is 0.00000125. The van der Waals surface area contributed by atoms with Crippen LogP contribution in [0.3, 0.4) is 0 Å². The Labute approximate surface area is 137 Å². The molecule has 0 unspecified atom stereocenters. The second kappa shape index (κ2) is 4.50. The highest BCUT2D eigenvalue weighted by atomic mass is 35.5. The first-order valence-electron chi connectivity index (χ1n) is 7.04. The van der Waals surface area contributed by atoms with Crippen LogP contribution in [0.25, 0.3) is 5.00 Å². The van der Waals surface area contributed by atoms with Gasteiger partial charge in [-0.1, -0.05) is 5.10 Å². The van der Waals surface area contributed by atoms with Gasteiger partial charge in [0.25, 0.3) is 5.95 Å². The third kappa shape index (κ3) is 1.71. The fraction of sp³-hybridized carbons (Fsp3) is 0.538. The summed E-state index contributed by atoms with van der Waals surface area (Å²) in [5.74, 6) is 1.81. The monoisotopic (exact) mass is 338 g/mol. The van der Waals surface area contributed by atoms with Crippen molar-refractivity contribution in [3.63, 3.8) is 0 Å². The van der Waals surface area contributed by atoms with Crippen LogP contribution in [0.5, 0.6) is 0 Å². The van der Waals surface area contributed by atoms with E-state index in [2.05, 4.69) is 34.3 Å². The number of thiophene rings is 1. The molecule has 0 amide bonds. The van der Waals surface area contributed by atoms with Crippen molar-refractivity contribution in [3.05, 3.63) is 16.0 Å². The number of amidine groups is 1. The molecule has 9 heteroatoms. The van der Waals surface area contributed by atoms with Crippen LogP contribution in [0, 0.1) is 0 Å². The summed E-state index contributed by atoms with van der Waals surface area (Å²) in [5.41, 5.74) is 2.44. The van der Waals surface area contributed by atoms with E-state index in [1.54, 1.807) is 11.3 Å². The van der Waals surface area contributed by atoms with Crippen molar-refractivity contribution in [3.8, 4) is 5.00 Å². The van der Waals surface area contributed by atoms with Crippen LogP contribution in [0.4, 0.5) is 5.95 Å². The number of hydrogen-bond acceptors (Lipinski definition) is 7. The summed E-state index contributed by atoms with van der Waals surface area (Å²) in [5, 5.41) is 13.2. The molecule has 7 nitrogen and oxygen atoms in total. The summed E-state index contributed by atoms with van der Waals surface area (Å²) in [6.45, 7) is 6.58. The lowest BCUT2D eigenvalue weighted by Gasteiger charge is -2.31. The van der Waals surface area contributed by atoms with Crippen molar-refractivity contribution in [1.82, 2.24) is 20.2 Å². The Hall–Kier alpha value is -1.51. The van der Waals surface area contributed by atoms with Crippen LogP contribution in [0.15, 0.2) is 4.99 Å². The predicted octanol–water partition coefficient (Wildman–Crippen LogP) is 1.58. The van der Waals surface area contributed by atoms with Gasteiger partial charge >= 0.3 is 0 Å². The summed E-state index contributed by atoms with van der Waals surface area (Å²) in [4.78, 5) is 8.10. The Morgan fingerprint density at radius 3 is 3.05 bits per heavy atom. The Kier molecular flexibility index (Phi) is 2.88. The van der Waals surface area contributed by atoms with Gasteiger partial charge in [0.05, 0.1) is 24.3 Å². The molecule has 0 fully saturated rings. The van der Waals surface area contributed by atoms with Crippen LogP contribution in [-0.4, -0.2) is 44.7 Å². The Morgan fingerprint density at radius 1 is 1.32 bits per heavy atom. The molecule has 0 aromatic carbocycles. The van der Waals surface area contributed by atoms with Crippen LogP contribution < -0.4 is 4.90 Å². The molecule has 2 aromatic heterocycles. The molecule has 5 heterocycles. The fourth-order valence-electron chi connectivity index (χ4n) is 3.26. The van der Waals surface area contributed by atoms with Crippen molar-refractivity contribution in [2.75, 3.05) is 18.0 Å². The zero-order chi connectivity index (χ0) is 14.2. The minimum Gasteiger partial charge on any atom is -0.370 e. The molecule has 2 aromatic rings. The van der Waals surface area contributed by atoms with E-state index in [0.29, 0.717) is 6.61 Å². The zero-order valence-electron chi connectivity index (χ0n) is 12.2.